The zero-order valence-electron chi connectivity index (χ0n) is 24.4. The normalized spacial score (nSPS) is 19.9. The van der Waals surface area contributed by atoms with Crippen molar-refractivity contribution in [3.8, 4) is 22.5 Å². The fourth-order valence-corrected chi connectivity index (χ4v) is 6.42. The van der Waals surface area contributed by atoms with Crippen LogP contribution in [0.1, 0.15) is 39.3 Å². The summed E-state index contributed by atoms with van der Waals surface area (Å²) in [5.41, 5.74) is 4.29. The van der Waals surface area contributed by atoms with Gasteiger partial charge in [-0.2, -0.15) is 5.10 Å². The van der Waals surface area contributed by atoms with E-state index in [1.807, 2.05) is 28.9 Å². The van der Waals surface area contributed by atoms with E-state index in [9.17, 15) is 9.00 Å². The number of pyridine rings is 2. The van der Waals surface area contributed by atoms with E-state index in [1.54, 1.807) is 31.5 Å². The van der Waals surface area contributed by atoms with Gasteiger partial charge in [0, 0.05) is 35.8 Å². The molecule has 0 saturated carbocycles. The smallest absolute Gasteiger partial charge is 0.328 e. The number of carbonyl (C=O) groups is 1. The van der Waals surface area contributed by atoms with Crippen molar-refractivity contribution in [2.45, 2.75) is 50.3 Å². The Labute approximate surface area is 252 Å². The van der Waals surface area contributed by atoms with Gasteiger partial charge < -0.3 is 19.1 Å². The molecule has 0 radical (unpaired) electrons. The molecule has 0 aliphatic carbocycles. The van der Waals surface area contributed by atoms with Crippen molar-refractivity contribution in [1.82, 2.24) is 19.7 Å². The summed E-state index contributed by atoms with van der Waals surface area (Å²) in [5.74, 6) is 0.350. The molecular weight excluding hydrogens is 568 g/mol. The van der Waals surface area contributed by atoms with Crippen molar-refractivity contribution in [2.24, 2.45) is 4.36 Å². The fraction of sp³-hybridized carbons (Fsp3) is 0.419. The Hall–Kier alpha value is -3.87. The van der Waals surface area contributed by atoms with Crippen LogP contribution in [0, 0.1) is 0 Å². The van der Waals surface area contributed by atoms with Crippen LogP contribution in [0.2, 0.25) is 0 Å². The second-order valence-corrected chi connectivity index (χ2v) is 12.0. The molecule has 3 atom stereocenters. The molecule has 0 N–H and O–H groups in total. The highest BCUT2D eigenvalue weighted by atomic mass is 32.2. The maximum atomic E-state index is 12.8. The molecule has 4 aromatic rings. The maximum Gasteiger partial charge on any atom is 0.328 e. The monoisotopic (exact) mass is 604 g/mol. The molecule has 0 spiro atoms. The fourth-order valence-electron chi connectivity index (χ4n) is 5.61. The lowest BCUT2D eigenvalue weighted by Gasteiger charge is -2.34. The quantitative estimate of drug-likeness (QED) is 0.226. The third-order valence-corrected chi connectivity index (χ3v) is 8.89. The molecule has 1 unspecified atom stereocenters. The summed E-state index contributed by atoms with van der Waals surface area (Å²) in [6, 6.07) is 13.7. The summed E-state index contributed by atoms with van der Waals surface area (Å²) >= 11 is 0. The molecule has 2 fully saturated rings. The van der Waals surface area contributed by atoms with Gasteiger partial charge in [0.25, 0.3) is 0 Å². The van der Waals surface area contributed by atoms with Gasteiger partial charge in [-0.25, -0.2) is 18.2 Å². The van der Waals surface area contributed by atoms with Gasteiger partial charge in [-0.1, -0.05) is 12.1 Å². The summed E-state index contributed by atoms with van der Waals surface area (Å²) in [5, 5.41) is 5.56. The molecule has 3 aromatic heterocycles. The van der Waals surface area contributed by atoms with Crippen LogP contribution < -0.4 is 4.90 Å². The Morgan fingerprint density at radius 2 is 2.00 bits per heavy atom. The summed E-state index contributed by atoms with van der Waals surface area (Å²) in [7, 11) is -2.09. The van der Waals surface area contributed by atoms with E-state index < -0.39 is 16.6 Å². The highest BCUT2D eigenvalue weighted by Crippen LogP contribution is 2.37. The first-order valence-electron chi connectivity index (χ1n) is 14.7. The Balaban J connectivity index is 1.44. The third-order valence-electron chi connectivity index (χ3n) is 7.75. The average molecular weight is 605 g/mol. The number of benzene rings is 1. The Morgan fingerprint density at radius 1 is 1.14 bits per heavy atom. The zero-order valence-corrected chi connectivity index (χ0v) is 25.3. The lowest BCUT2D eigenvalue weighted by molar-refractivity contribution is -0.141. The summed E-state index contributed by atoms with van der Waals surface area (Å²) in [6.45, 7) is 6.58. The Kier molecular flexibility index (Phi) is 8.96. The number of hydrogen-bond acceptors (Lipinski definition) is 10. The molecule has 226 valence electrons. The van der Waals surface area contributed by atoms with Gasteiger partial charge in [0.15, 0.2) is 6.23 Å². The van der Waals surface area contributed by atoms with Gasteiger partial charge in [-0.15, -0.1) is 0 Å². The zero-order chi connectivity index (χ0) is 29.8. The molecule has 6 rings (SSSR count). The second kappa shape index (κ2) is 13.2. The largest absolute Gasteiger partial charge is 0.465 e. The first-order chi connectivity index (χ1) is 21.0. The van der Waals surface area contributed by atoms with E-state index in [2.05, 4.69) is 27.4 Å². The van der Waals surface area contributed by atoms with Crippen LogP contribution in [-0.2, 0) is 29.6 Å². The third kappa shape index (κ3) is 6.27. The van der Waals surface area contributed by atoms with Crippen LogP contribution >= 0.6 is 0 Å². The molecule has 1 aromatic carbocycles. The lowest BCUT2D eigenvalue weighted by Crippen LogP contribution is -2.44. The number of anilines is 1. The van der Waals surface area contributed by atoms with Gasteiger partial charge in [-0.3, -0.25) is 9.78 Å². The van der Waals surface area contributed by atoms with E-state index in [1.165, 1.54) is 0 Å². The highest BCUT2D eigenvalue weighted by molar-refractivity contribution is 7.75. The van der Waals surface area contributed by atoms with Gasteiger partial charge in [0.1, 0.15) is 23.6 Å². The number of thiol groups is 1. The van der Waals surface area contributed by atoms with Gasteiger partial charge >= 0.3 is 5.97 Å². The SMILES string of the molecule is CCOC(=O)C/N=[SH](=O)/c1ccc(-c2cc(N3CCOC[C@H]3C)nc3c(-c4ccnn4[C@@H]4CCCCO4)nccc23)cc1. The average Bonchev–Trinajstić information content (AvgIpc) is 3.54. The summed E-state index contributed by atoms with van der Waals surface area (Å²) in [4.78, 5) is 24.5. The van der Waals surface area contributed by atoms with E-state index >= 15 is 0 Å². The number of fused-ring (bicyclic) bond motifs is 1. The van der Waals surface area contributed by atoms with E-state index in [0.29, 0.717) is 24.7 Å². The van der Waals surface area contributed by atoms with Crippen LogP contribution in [0.15, 0.2) is 64.1 Å². The number of rotatable bonds is 8. The van der Waals surface area contributed by atoms with Gasteiger partial charge in [0.2, 0.25) is 0 Å². The molecular formula is C31H36N6O5S. The number of hydrogen-bond donors (Lipinski definition) is 1. The van der Waals surface area contributed by atoms with Crippen LogP contribution in [0.5, 0.6) is 0 Å². The first-order valence-corrected chi connectivity index (χ1v) is 15.9. The predicted molar refractivity (Wildman–Crippen MR) is 164 cm³/mol. The number of morpholine rings is 1. The van der Waals surface area contributed by atoms with Crippen molar-refractivity contribution in [3.05, 3.63) is 54.9 Å². The summed E-state index contributed by atoms with van der Waals surface area (Å²) < 4.78 is 35.4. The van der Waals surface area contributed by atoms with Crippen molar-refractivity contribution in [1.29, 1.82) is 0 Å². The molecule has 43 heavy (non-hydrogen) atoms. The van der Waals surface area contributed by atoms with Crippen molar-refractivity contribution < 1.29 is 23.2 Å². The number of nitrogens with zero attached hydrogens (tertiary/aromatic N) is 6. The number of ether oxygens (including phenoxy) is 3. The number of carbonyl (C=O) groups excluding carboxylic acids is 1. The molecule has 2 aliphatic rings. The minimum atomic E-state index is -2.09. The topological polar surface area (TPSA) is 121 Å². The molecule has 2 aliphatic heterocycles. The number of aromatic nitrogens is 4. The number of esters is 1. The van der Waals surface area contributed by atoms with Crippen LogP contribution in [-0.4, -0.2) is 75.5 Å². The molecule has 5 heterocycles. The minimum Gasteiger partial charge on any atom is -0.465 e. The van der Waals surface area contributed by atoms with Gasteiger partial charge in [0.05, 0.1) is 42.2 Å². The highest BCUT2D eigenvalue weighted by Gasteiger charge is 2.25. The Morgan fingerprint density at radius 3 is 2.77 bits per heavy atom. The van der Waals surface area contributed by atoms with Crippen molar-refractivity contribution in [3.63, 3.8) is 0 Å². The summed E-state index contributed by atoms with van der Waals surface area (Å²) in [6.07, 6.45) is 6.49. The van der Waals surface area contributed by atoms with Crippen LogP contribution in [0.3, 0.4) is 0 Å². The standard InChI is InChI=1S/C31H36N6O5S/c1-3-41-29(38)19-34-43(39)23-9-7-22(8-10-23)25-18-27(36-15-17-40-20-21(36)2)35-30-24(25)11-13-32-31(30)26-12-14-33-37(26)28-6-4-5-16-42-28/h7-14,18,21,28,43H,3-6,15-17,19-20H2,1-2H3/t21-,28+/m1/s1. The van der Waals surface area contributed by atoms with Gasteiger partial charge in [-0.05, 0) is 74.6 Å². The lowest BCUT2D eigenvalue weighted by atomic mass is 10.00. The molecule has 11 nitrogen and oxygen atoms in total. The molecule has 12 heteroatoms. The molecule has 0 amide bonds. The van der Waals surface area contributed by atoms with E-state index in [4.69, 9.17) is 24.2 Å². The van der Waals surface area contributed by atoms with E-state index in [0.717, 1.165) is 65.0 Å². The van der Waals surface area contributed by atoms with Crippen molar-refractivity contribution in [2.75, 3.05) is 44.4 Å². The van der Waals surface area contributed by atoms with E-state index in [-0.39, 0.29) is 25.4 Å². The van der Waals surface area contributed by atoms with Crippen LogP contribution in [0.4, 0.5) is 5.82 Å². The Bertz CT molecular complexity index is 1680. The minimum absolute atomic E-state index is 0.138. The molecule has 0 bridgehead atoms. The maximum absolute atomic E-state index is 12.8. The van der Waals surface area contributed by atoms with Crippen molar-refractivity contribution >= 4 is 33.3 Å². The molecule has 2 saturated heterocycles. The predicted octanol–water partition coefficient (Wildman–Crippen LogP) is 4.67. The van der Waals surface area contributed by atoms with Crippen LogP contribution in [0.25, 0.3) is 33.4 Å². The first kappa shape index (κ1) is 29.2. The second-order valence-electron chi connectivity index (χ2n) is 10.6.